The Morgan fingerprint density at radius 3 is 1.90 bits per heavy atom. The van der Waals surface area contributed by atoms with Crippen molar-refractivity contribution in [2.45, 2.75) is 51.0 Å². The number of rotatable bonds is 1. The lowest BCUT2D eigenvalue weighted by atomic mass is 9.98. The van der Waals surface area contributed by atoms with Crippen molar-refractivity contribution in [2.24, 2.45) is 0 Å². The fourth-order valence-corrected chi connectivity index (χ4v) is 2.19. The van der Waals surface area contributed by atoms with Gasteiger partial charge in [0.25, 0.3) is 0 Å². The first-order chi connectivity index (χ1) is 4.93. The lowest BCUT2D eigenvalue weighted by molar-refractivity contribution is 0.443. The normalized spacial score (nSPS) is 23.7. The van der Waals surface area contributed by atoms with Crippen molar-refractivity contribution in [1.29, 1.82) is 0 Å². The molecule has 0 aliphatic heterocycles. The molecule has 1 N–H and O–H groups in total. The molecule has 0 amide bonds. The fourth-order valence-electron chi connectivity index (χ4n) is 1.57. The number of nitrogens with one attached hydrogen (secondary N) is 1. The maximum absolute atomic E-state index is 3.34. The van der Waals surface area contributed by atoms with Gasteiger partial charge in [0.15, 0.2) is 0 Å². The molecule has 1 fully saturated rings. The van der Waals surface area contributed by atoms with E-state index < -0.39 is 0 Å². The van der Waals surface area contributed by atoms with Crippen LogP contribution < -0.4 is 3.53 Å². The first-order valence-corrected chi connectivity index (χ1v) is 5.37. The van der Waals surface area contributed by atoms with E-state index >= 15 is 0 Å². The van der Waals surface area contributed by atoms with Gasteiger partial charge in [0.05, 0.1) is 0 Å². The second-order valence-electron chi connectivity index (χ2n) is 3.15. The molecule has 1 saturated carbocycles. The zero-order chi connectivity index (χ0) is 7.23. The van der Waals surface area contributed by atoms with Gasteiger partial charge in [-0.1, -0.05) is 32.1 Å². The lowest BCUT2D eigenvalue weighted by Crippen LogP contribution is -2.20. The van der Waals surface area contributed by atoms with E-state index in [0.29, 0.717) is 0 Å². The molecular weight excluding hydrogens is 237 g/mol. The lowest BCUT2D eigenvalue weighted by Gasteiger charge is -2.17. The van der Waals surface area contributed by atoms with Gasteiger partial charge >= 0.3 is 0 Å². The fraction of sp³-hybridized carbons (Fsp3) is 1.00. The van der Waals surface area contributed by atoms with Crippen LogP contribution in [0.15, 0.2) is 0 Å². The average molecular weight is 253 g/mol. The molecule has 0 aromatic rings. The van der Waals surface area contributed by atoms with E-state index in [0.717, 1.165) is 6.04 Å². The van der Waals surface area contributed by atoms with Crippen molar-refractivity contribution in [3.8, 4) is 0 Å². The number of hydrogen-bond donors (Lipinski definition) is 1. The molecule has 0 heterocycles. The van der Waals surface area contributed by atoms with Crippen LogP contribution in [0.3, 0.4) is 0 Å². The summed E-state index contributed by atoms with van der Waals surface area (Å²) in [5, 5.41) is 0. The van der Waals surface area contributed by atoms with Gasteiger partial charge < -0.3 is 0 Å². The summed E-state index contributed by atoms with van der Waals surface area (Å²) in [6, 6.07) is 0.806. The van der Waals surface area contributed by atoms with E-state index in [1.54, 1.807) is 0 Å². The third-order valence-corrected chi connectivity index (χ3v) is 3.14. The summed E-state index contributed by atoms with van der Waals surface area (Å²) in [5.41, 5.74) is 0. The zero-order valence-corrected chi connectivity index (χ0v) is 8.56. The molecule has 1 rings (SSSR count). The Labute approximate surface area is 77.5 Å². The van der Waals surface area contributed by atoms with Crippen LogP contribution >= 0.6 is 22.9 Å². The Kier molecular flexibility index (Phi) is 4.70. The SMILES string of the molecule is INC1CCCCCCC1. The maximum Gasteiger partial charge on any atom is 0.0172 e. The highest BCUT2D eigenvalue weighted by atomic mass is 127. The van der Waals surface area contributed by atoms with Gasteiger partial charge in [-0.2, -0.15) is 0 Å². The van der Waals surface area contributed by atoms with E-state index in [1.165, 1.54) is 44.9 Å². The summed E-state index contributed by atoms with van der Waals surface area (Å²) >= 11 is 2.29. The molecule has 2 heteroatoms. The Bertz CT molecular complexity index is 77.3. The van der Waals surface area contributed by atoms with E-state index in [9.17, 15) is 0 Å². The van der Waals surface area contributed by atoms with Crippen molar-refractivity contribution in [2.75, 3.05) is 0 Å². The predicted molar refractivity (Wildman–Crippen MR) is 53.3 cm³/mol. The Balaban J connectivity index is 2.16. The van der Waals surface area contributed by atoms with Crippen LogP contribution in [0.25, 0.3) is 0 Å². The quantitative estimate of drug-likeness (QED) is 0.559. The summed E-state index contributed by atoms with van der Waals surface area (Å²) in [5.74, 6) is 0. The smallest absolute Gasteiger partial charge is 0.0172 e. The topological polar surface area (TPSA) is 12.0 Å². The summed E-state index contributed by atoms with van der Waals surface area (Å²) < 4.78 is 3.34. The summed E-state index contributed by atoms with van der Waals surface area (Å²) in [6.07, 6.45) is 10.0. The molecule has 0 saturated heterocycles. The van der Waals surface area contributed by atoms with Crippen molar-refractivity contribution in [3.63, 3.8) is 0 Å². The Morgan fingerprint density at radius 1 is 0.900 bits per heavy atom. The zero-order valence-electron chi connectivity index (χ0n) is 6.41. The third kappa shape index (κ3) is 3.19. The largest absolute Gasteiger partial charge is 0.258 e. The van der Waals surface area contributed by atoms with Gasteiger partial charge in [0, 0.05) is 28.9 Å². The first-order valence-electron chi connectivity index (χ1n) is 4.29. The molecule has 0 aromatic carbocycles. The number of halogens is 1. The van der Waals surface area contributed by atoms with Gasteiger partial charge in [-0.25, -0.2) is 0 Å². The van der Waals surface area contributed by atoms with Crippen molar-refractivity contribution < 1.29 is 0 Å². The molecule has 1 aliphatic rings. The van der Waals surface area contributed by atoms with E-state index in [-0.39, 0.29) is 0 Å². The van der Waals surface area contributed by atoms with Crippen molar-refractivity contribution in [3.05, 3.63) is 0 Å². The third-order valence-electron chi connectivity index (χ3n) is 2.26. The van der Waals surface area contributed by atoms with Gasteiger partial charge in [-0.3, -0.25) is 3.53 Å². The highest BCUT2D eigenvalue weighted by Crippen LogP contribution is 2.17. The Morgan fingerprint density at radius 2 is 1.40 bits per heavy atom. The highest BCUT2D eigenvalue weighted by Gasteiger charge is 2.08. The van der Waals surface area contributed by atoms with Gasteiger partial charge in [0.2, 0.25) is 0 Å². The standard InChI is InChI=1S/C8H16IN/c9-10-8-6-4-2-1-3-5-7-8/h8,10H,1-7H2. The second-order valence-corrected chi connectivity index (χ2v) is 3.77. The van der Waals surface area contributed by atoms with E-state index in [2.05, 4.69) is 26.4 Å². The minimum absolute atomic E-state index is 0.806. The minimum atomic E-state index is 0.806. The minimum Gasteiger partial charge on any atom is -0.258 e. The first kappa shape index (κ1) is 8.78. The summed E-state index contributed by atoms with van der Waals surface area (Å²) in [4.78, 5) is 0. The van der Waals surface area contributed by atoms with Crippen LogP contribution in [0.1, 0.15) is 44.9 Å². The van der Waals surface area contributed by atoms with Crippen molar-refractivity contribution in [1.82, 2.24) is 3.53 Å². The van der Waals surface area contributed by atoms with Crippen LogP contribution in [-0.4, -0.2) is 6.04 Å². The van der Waals surface area contributed by atoms with Crippen LogP contribution in [0, 0.1) is 0 Å². The second kappa shape index (κ2) is 5.35. The average Bonchev–Trinajstić information content (AvgIpc) is 1.87. The van der Waals surface area contributed by atoms with Crippen LogP contribution in [-0.2, 0) is 0 Å². The molecule has 10 heavy (non-hydrogen) atoms. The Hall–Kier alpha value is 0.690. The van der Waals surface area contributed by atoms with Gasteiger partial charge in [0.1, 0.15) is 0 Å². The van der Waals surface area contributed by atoms with E-state index in [4.69, 9.17) is 0 Å². The summed E-state index contributed by atoms with van der Waals surface area (Å²) in [6.45, 7) is 0. The molecule has 0 spiro atoms. The molecule has 0 aromatic heterocycles. The maximum atomic E-state index is 3.34. The molecule has 1 nitrogen and oxygen atoms in total. The van der Waals surface area contributed by atoms with Crippen LogP contribution in [0.2, 0.25) is 0 Å². The molecule has 60 valence electrons. The number of hydrogen-bond acceptors (Lipinski definition) is 1. The molecule has 0 bridgehead atoms. The predicted octanol–water partition coefficient (Wildman–Crippen LogP) is 3.04. The van der Waals surface area contributed by atoms with Crippen LogP contribution in [0.5, 0.6) is 0 Å². The summed E-state index contributed by atoms with van der Waals surface area (Å²) in [7, 11) is 0. The molecule has 0 radical (unpaired) electrons. The molecule has 1 aliphatic carbocycles. The van der Waals surface area contributed by atoms with Gasteiger partial charge in [-0.05, 0) is 12.8 Å². The molecule has 0 unspecified atom stereocenters. The molecule has 0 atom stereocenters. The molecular formula is C8H16IN. The van der Waals surface area contributed by atoms with Crippen LogP contribution in [0.4, 0.5) is 0 Å². The highest BCUT2D eigenvalue weighted by molar-refractivity contribution is 14.1. The van der Waals surface area contributed by atoms with E-state index in [1.807, 2.05) is 0 Å². The van der Waals surface area contributed by atoms with Crippen molar-refractivity contribution >= 4 is 22.9 Å². The van der Waals surface area contributed by atoms with Gasteiger partial charge in [-0.15, -0.1) is 0 Å². The monoisotopic (exact) mass is 253 g/mol.